The molecule has 0 amide bonds. The zero-order valence-corrected chi connectivity index (χ0v) is 25.4. The van der Waals surface area contributed by atoms with Crippen molar-refractivity contribution >= 4 is 21.8 Å². The Labute approximate surface area is 263 Å². The topological polar surface area (TPSA) is 17.8 Å². The van der Waals surface area contributed by atoms with E-state index in [0.717, 1.165) is 22.4 Å². The molecule has 0 unspecified atom stereocenters. The van der Waals surface area contributed by atoms with Crippen LogP contribution in [-0.2, 0) is 0 Å². The first-order chi connectivity index (χ1) is 22.1. The fourth-order valence-corrected chi connectivity index (χ4v) is 6.61. The number of imidazole rings is 1. The molecule has 0 aliphatic carbocycles. The van der Waals surface area contributed by atoms with Gasteiger partial charge in [-0.2, -0.15) is 0 Å². The molecule has 214 valence electrons. The van der Waals surface area contributed by atoms with Gasteiger partial charge in [0.1, 0.15) is 5.82 Å². The largest absolute Gasteiger partial charge is 0.292 e. The minimum Gasteiger partial charge on any atom is -0.292 e. The van der Waals surface area contributed by atoms with Gasteiger partial charge in [0.05, 0.1) is 16.7 Å². The van der Waals surface area contributed by atoms with Crippen LogP contribution < -0.4 is 0 Å². The van der Waals surface area contributed by atoms with Crippen molar-refractivity contribution in [2.45, 2.75) is 13.8 Å². The van der Waals surface area contributed by atoms with Gasteiger partial charge >= 0.3 is 0 Å². The molecule has 2 heteroatoms. The normalized spacial score (nSPS) is 11.3. The van der Waals surface area contributed by atoms with Crippen LogP contribution in [0.4, 0.5) is 0 Å². The van der Waals surface area contributed by atoms with Crippen LogP contribution in [0.2, 0.25) is 0 Å². The van der Waals surface area contributed by atoms with E-state index in [2.05, 4.69) is 176 Å². The standard InChI is InChI=1S/C43H32N2/c1-29-24-39(32-14-7-4-8-15-32)25-30(2)42(29)45-41-28-37-17-10-9-16-36(37)27-40(41)44-43(45)38-19-11-18-35(26-38)34-22-20-33(21-23-34)31-12-5-3-6-13-31/h3-28H,1-2H3. The summed E-state index contributed by atoms with van der Waals surface area (Å²) in [7, 11) is 0. The molecule has 0 aliphatic rings. The number of aryl methyl sites for hydroxylation is 2. The highest BCUT2D eigenvalue weighted by Gasteiger charge is 2.19. The maximum atomic E-state index is 5.32. The smallest absolute Gasteiger partial charge is 0.145 e. The first-order valence-corrected chi connectivity index (χ1v) is 15.5. The molecule has 8 aromatic rings. The minimum absolute atomic E-state index is 0.946. The Morgan fingerprint density at radius 3 is 1.53 bits per heavy atom. The molecule has 45 heavy (non-hydrogen) atoms. The molecule has 7 aromatic carbocycles. The zero-order chi connectivity index (χ0) is 30.3. The van der Waals surface area contributed by atoms with Gasteiger partial charge in [-0.25, -0.2) is 4.98 Å². The minimum atomic E-state index is 0.946. The molecule has 0 bridgehead atoms. The van der Waals surface area contributed by atoms with E-state index in [1.165, 1.54) is 61.0 Å². The lowest BCUT2D eigenvalue weighted by molar-refractivity contribution is 1.06. The van der Waals surface area contributed by atoms with Crippen LogP contribution in [0.1, 0.15) is 11.1 Å². The number of benzene rings is 7. The molecule has 0 radical (unpaired) electrons. The Kier molecular flexibility index (Phi) is 6.61. The predicted octanol–water partition coefficient (Wildman–Crippen LogP) is 11.5. The highest BCUT2D eigenvalue weighted by atomic mass is 15.1. The highest BCUT2D eigenvalue weighted by Crippen LogP contribution is 2.37. The van der Waals surface area contributed by atoms with E-state index >= 15 is 0 Å². The average Bonchev–Trinajstić information content (AvgIpc) is 3.45. The summed E-state index contributed by atoms with van der Waals surface area (Å²) in [6.45, 7) is 4.44. The van der Waals surface area contributed by atoms with E-state index in [-0.39, 0.29) is 0 Å². The monoisotopic (exact) mass is 576 g/mol. The average molecular weight is 577 g/mol. The summed E-state index contributed by atoms with van der Waals surface area (Å²) in [6, 6.07) is 56.5. The maximum Gasteiger partial charge on any atom is 0.145 e. The molecule has 0 aliphatic heterocycles. The lowest BCUT2D eigenvalue weighted by Gasteiger charge is -2.18. The second-order valence-electron chi connectivity index (χ2n) is 11.8. The third-order valence-corrected chi connectivity index (χ3v) is 8.79. The Morgan fingerprint density at radius 1 is 0.400 bits per heavy atom. The second-order valence-corrected chi connectivity index (χ2v) is 11.8. The van der Waals surface area contributed by atoms with Crippen molar-refractivity contribution < 1.29 is 0 Å². The van der Waals surface area contributed by atoms with E-state index in [0.29, 0.717) is 0 Å². The van der Waals surface area contributed by atoms with E-state index in [1.807, 2.05) is 0 Å². The molecule has 1 aromatic heterocycles. The predicted molar refractivity (Wildman–Crippen MR) is 190 cm³/mol. The number of rotatable bonds is 5. The molecular formula is C43H32N2. The summed E-state index contributed by atoms with van der Waals surface area (Å²) in [5.41, 5.74) is 14.1. The highest BCUT2D eigenvalue weighted by molar-refractivity contribution is 5.98. The quantitative estimate of drug-likeness (QED) is 0.199. The van der Waals surface area contributed by atoms with Gasteiger partial charge in [0.2, 0.25) is 0 Å². The van der Waals surface area contributed by atoms with Crippen molar-refractivity contribution in [3.05, 3.63) is 169 Å². The van der Waals surface area contributed by atoms with Crippen LogP contribution in [0.3, 0.4) is 0 Å². The Balaban J connectivity index is 1.30. The Morgan fingerprint density at radius 2 is 0.889 bits per heavy atom. The van der Waals surface area contributed by atoms with Crippen LogP contribution in [0, 0.1) is 13.8 Å². The summed E-state index contributed by atoms with van der Waals surface area (Å²) in [4.78, 5) is 5.32. The van der Waals surface area contributed by atoms with Gasteiger partial charge in [0.25, 0.3) is 0 Å². The summed E-state index contributed by atoms with van der Waals surface area (Å²) >= 11 is 0. The number of nitrogens with zero attached hydrogens (tertiary/aromatic N) is 2. The van der Waals surface area contributed by atoms with Crippen LogP contribution in [-0.4, -0.2) is 9.55 Å². The number of hydrogen-bond donors (Lipinski definition) is 0. The summed E-state index contributed by atoms with van der Waals surface area (Å²) in [5.74, 6) is 0.946. The number of aromatic nitrogens is 2. The van der Waals surface area contributed by atoms with Crippen molar-refractivity contribution in [1.29, 1.82) is 0 Å². The summed E-state index contributed by atoms with van der Waals surface area (Å²) in [6.07, 6.45) is 0. The van der Waals surface area contributed by atoms with Crippen LogP contribution in [0.25, 0.3) is 72.3 Å². The molecule has 0 atom stereocenters. The summed E-state index contributed by atoms with van der Waals surface area (Å²) < 4.78 is 2.37. The number of hydrogen-bond acceptors (Lipinski definition) is 1. The molecule has 8 rings (SSSR count). The molecule has 1 heterocycles. The fraction of sp³-hybridized carbons (Fsp3) is 0.0465. The molecule has 0 fully saturated rings. The molecule has 0 N–H and O–H groups in total. The lowest BCUT2D eigenvalue weighted by atomic mass is 9.98. The third-order valence-electron chi connectivity index (χ3n) is 8.79. The van der Waals surface area contributed by atoms with Gasteiger partial charge in [0.15, 0.2) is 0 Å². The van der Waals surface area contributed by atoms with Gasteiger partial charge in [-0.15, -0.1) is 0 Å². The fourth-order valence-electron chi connectivity index (χ4n) is 6.61. The van der Waals surface area contributed by atoms with Gasteiger partial charge in [-0.1, -0.05) is 127 Å². The summed E-state index contributed by atoms with van der Waals surface area (Å²) in [5, 5.41) is 2.41. The SMILES string of the molecule is Cc1cc(-c2ccccc2)cc(C)c1-n1c(-c2cccc(-c3ccc(-c4ccccc4)cc3)c2)nc2cc3ccccc3cc21. The van der Waals surface area contributed by atoms with E-state index in [4.69, 9.17) is 4.98 Å². The van der Waals surface area contributed by atoms with Crippen LogP contribution >= 0.6 is 0 Å². The Bertz CT molecular complexity index is 2290. The van der Waals surface area contributed by atoms with Crippen molar-refractivity contribution in [3.63, 3.8) is 0 Å². The van der Waals surface area contributed by atoms with Crippen molar-refractivity contribution in [1.82, 2.24) is 9.55 Å². The van der Waals surface area contributed by atoms with Gasteiger partial charge < -0.3 is 0 Å². The van der Waals surface area contributed by atoms with Gasteiger partial charge in [0, 0.05) is 5.56 Å². The first-order valence-electron chi connectivity index (χ1n) is 15.5. The van der Waals surface area contributed by atoms with Crippen LogP contribution in [0.15, 0.2) is 158 Å². The third kappa shape index (κ3) is 4.91. The molecule has 0 saturated carbocycles. The van der Waals surface area contributed by atoms with Crippen molar-refractivity contribution in [3.8, 4) is 50.5 Å². The maximum absolute atomic E-state index is 5.32. The first kappa shape index (κ1) is 26.9. The zero-order valence-electron chi connectivity index (χ0n) is 25.4. The van der Waals surface area contributed by atoms with Gasteiger partial charge in [-0.3, -0.25) is 4.57 Å². The van der Waals surface area contributed by atoms with Crippen LogP contribution in [0.5, 0.6) is 0 Å². The van der Waals surface area contributed by atoms with Crippen molar-refractivity contribution in [2.24, 2.45) is 0 Å². The molecule has 2 nitrogen and oxygen atoms in total. The Hall–Kier alpha value is -5.73. The second kappa shape index (κ2) is 11.1. The van der Waals surface area contributed by atoms with E-state index < -0.39 is 0 Å². The lowest BCUT2D eigenvalue weighted by Crippen LogP contribution is -2.03. The van der Waals surface area contributed by atoms with Gasteiger partial charge in [-0.05, 0) is 99.5 Å². The van der Waals surface area contributed by atoms with E-state index in [9.17, 15) is 0 Å². The molecule has 0 spiro atoms. The van der Waals surface area contributed by atoms with E-state index in [1.54, 1.807) is 0 Å². The molecular weight excluding hydrogens is 544 g/mol. The number of fused-ring (bicyclic) bond motifs is 2. The van der Waals surface area contributed by atoms with Crippen molar-refractivity contribution in [2.75, 3.05) is 0 Å². The molecule has 0 saturated heterocycles.